The Morgan fingerprint density at radius 3 is 2.53 bits per heavy atom. The fourth-order valence-corrected chi connectivity index (χ4v) is 5.32. The van der Waals surface area contributed by atoms with Crippen LogP contribution in [0.1, 0.15) is 60.3 Å². The molecule has 0 amide bonds. The van der Waals surface area contributed by atoms with E-state index < -0.39 is 0 Å². The number of hydrogen-bond acceptors (Lipinski definition) is 2. The van der Waals surface area contributed by atoms with Crippen LogP contribution in [0, 0.1) is 25.2 Å². The number of fused-ring (bicyclic) bond motifs is 3. The normalized spacial score (nSPS) is 15.0. The van der Waals surface area contributed by atoms with Crippen molar-refractivity contribution in [3.63, 3.8) is 0 Å². The van der Waals surface area contributed by atoms with E-state index in [1.807, 2.05) is 12.1 Å². The van der Waals surface area contributed by atoms with E-state index in [2.05, 4.69) is 62.0 Å². The third-order valence-corrected chi connectivity index (χ3v) is 6.75. The molecule has 0 N–H and O–H groups in total. The van der Waals surface area contributed by atoms with Crippen molar-refractivity contribution in [3.8, 4) is 17.3 Å². The summed E-state index contributed by atoms with van der Waals surface area (Å²) in [6.45, 7) is 4.31. The Kier molecular flexibility index (Phi) is 4.59. The van der Waals surface area contributed by atoms with Gasteiger partial charge in [0.25, 0.3) is 0 Å². The molecule has 3 nitrogen and oxygen atoms in total. The second kappa shape index (κ2) is 7.29. The summed E-state index contributed by atoms with van der Waals surface area (Å²) < 4.78 is 8.86. The minimum absolute atomic E-state index is 0.479. The van der Waals surface area contributed by atoms with Gasteiger partial charge in [-0.05, 0) is 67.5 Å². The van der Waals surface area contributed by atoms with Gasteiger partial charge in [-0.2, -0.15) is 5.26 Å². The number of benzene rings is 2. The van der Waals surface area contributed by atoms with Crippen molar-refractivity contribution in [2.75, 3.05) is 0 Å². The topological polar surface area (TPSA) is 40.8 Å². The van der Waals surface area contributed by atoms with Gasteiger partial charge in [-0.3, -0.25) is 0 Å². The highest BCUT2D eigenvalue weighted by atomic mass is 16.3. The predicted molar refractivity (Wildman–Crippen MR) is 120 cm³/mol. The third-order valence-electron chi connectivity index (χ3n) is 6.75. The van der Waals surface area contributed by atoms with Gasteiger partial charge in [0.1, 0.15) is 18.2 Å². The number of rotatable bonds is 2. The molecule has 1 aliphatic rings. The first kappa shape index (κ1) is 18.9. The Morgan fingerprint density at radius 2 is 1.80 bits per heavy atom. The number of nitrogens with zero attached hydrogens (tertiary/aromatic N) is 2. The zero-order valence-corrected chi connectivity index (χ0v) is 18.0. The van der Waals surface area contributed by atoms with E-state index in [1.54, 1.807) is 0 Å². The number of aromatic nitrogens is 1. The lowest BCUT2D eigenvalue weighted by Gasteiger charge is -2.22. The van der Waals surface area contributed by atoms with E-state index >= 15 is 0 Å². The van der Waals surface area contributed by atoms with Crippen LogP contribution in [0.5, 0.6) is 0 Å². The van der Waals surface area contributed by atoms with Gasteiger partial charge in [0.15, 0.2) is 6.20 Å². The highest BCUT2D eigenvalue weighted by Gasteiger charge is 2.26. The van der Waals surface area contributed by atoms with Gasteiger partial charge < -0.3 is 4.42 Å². The lowest BCUT2D eigenvalue weighted by molar-refractivity contribution is -0.660. The summed E-state index contributed by atoms with van der Waals surface area (Å²) in [5.74, 6) is 0.479. The molecule has 0 bridgehead atoms. The Hall–Kier alpha value is -3.12. The van der Waals surface area contributed by atoms with Crippen LogP contribution in [0.4, 0.5) is 0 Å². The van der Waals surface area contributed by atoms with Gasteiger partial charge in [-0.25, -0.2) is 4.57 Å². The van der Waals surface area contributed by atoms with Crippen LogP contribution >= 0.6 is 0 Å². The Bertz CT molecular complexity index is 1320. The fourth-order valence-electron chi connectivity index (χ4n) is 5.32. The molecule has 0 atom stereocenters. The van der Waals surface area contributed by atoms with Gasteiger partial charge in [-0.15, -0.1) is 0 Å². The Morgan fingerprint density at radius 1 is 1.00 bits per heavy atom. The maximum atomic E-state index is 9.73. The van der Waals surface area contributed by atoms with Crippen LogP contribution in [-0.2, 0) is 7.05 Å². The smallest absolute Gasteiger partial charge is 0.216 e. The molecule has 5 rings (SSSR count). The molecule has 2 aromatic heterocycles. The summed E-state index contributed by atoms with van der Waals surface area (Å²) >= 11 is 0. The van der Waals surface area contributed by atoms with Crippen LogP contribution in [0.2, 0.25) is 0 Å². The highest BCUT2D eigenvalue weighted by Crippen LogP contribution is 2.44. The summed E-state index contributed by atoms with van der Waals surface area (Å²) in [6, 6.07) is 15.0. The molecule has 150 valence electrons. The van der Waals surface area contributed by atoms with Crippen LogP contribution < -0.4 is 4.57 Å². The SMILES string of the molecule is Cc1cc(C)c2c(oc3c(C4CCCCC4)cc(C#N)cc32)c1-c1cccc[n+]1C. The lowest BCUT2D eigenvalue weighted by Crippen LogP contribution is -2.30. The first-order chi connectivity index (χ1) is 14.6. The van der Waals surface area contributed by atoms with Crippen molar-refractivity contribution in [2.45, 2.75) is 51.9 Å². The quantitative estimate of drug-likeness (QED) is 0.358. The number of aryl methyl sites for hydroxylation is 3. The van der Waals surface area contributed by atoms with Crippen LogP contribution in [0.25, 0.3) is 33.2 Å². The number of nitriles is 1. The summed E-state index contributed by atoms with van der Waals surface area (Å²) in [5, 5.41) is 12.0. The van der Waals surface area contributed by atoms with E-state index in [-0.39, 0.29) is 0 Å². The van der Waals surface area contributed by atoms with E-state index in [1.165, 1.54) is 48.8 Å². The molecular weight excluding hydrogens is 368 g/mol. The van der Waals surface area contributed by atoms with Crippen molar-refractivity contribution in [1.29, 1.82) is 5.26 Å². The molecular formula is C27H27N2O+. The molecule has 0 saturated heterocycles. The molecule has 3 heteroatoms. The molecule has 1 saturated carbocycles. The van der Waals surface area contributed by atoms with Crippen LogP contribution in [-0.4, -0.2) is 0 Å². The van der Waals surface area contributed by atoms with E-state index in [0.29, 0.717) is 5.92 Å². The van der Waals surface area contributed by atoms with Crippen molar-refractivity contribution >= 4 is 21.9 Å². The van der Waals surface area contributed by atoms with Gasteiger partial charge in [0.05, 0.1) is 17.2 Å². The average Bonchev–Trinajstić information content (AvgIpc) is 3.14. The van der Waals surface area contributed by atoms with Gasteiger partial charge in [0.2, 0.25) is 5.69 Å². The van der Waals surface area contributed by atoms with Crippen LogP contribution in [0.3, 0.4) is 0 Å². The van der Waals surface area contributed by atoms with Gasteiger partial charge in [-0.1, -0.05) is 25.3 Å². The monoisotopic (exact) mass is 395 g/mol. The van der Waals surface area contributed by atoms with Crippen LogP contribution in [0.15, 0.2) is 47.0 Å². The van der Waals surface area contributed by atoms with E-state index in [0.717, 1.165) is 38.8 Å². The minimum Gasteiger partial charge on any atom is -0.455 e. The van der Waals surface area contributed by atoms with Crippen molar-refractivity contribution in [2.24, 2.45) is 7.05 Å². The number of pyridine rings is 1. The lowest BCUT2D eigenvalue weighted by atomic mass is 9.82. The average molecular weight is 396 g/mol. The number of hydrogen-bond donors (Lipinski definition) is 0. The molecule has 0 aliphatic heterocycles. The summed E-state index contributed by atoms with van der Waals surface area (Å²) in [5.41, 5.74) is 8.56. The first-order valence-corrected chi connectivity index (χ1v) is 10.9. The minimum atomic E-state index is 0.479. The molecule has 30 heavy (non-hydrogen) atoms. The maximum Gasteiger partial charge on any atom is 0.216 e. The molecule has 0 unspecified atom stereocenters. The second-order valence-corrected chi connectivity index (χ2v) is 8.78. The van der Waals surface area contributed by atoms with Gasteiger partial charge in [0, 0.05) is 22.9 Å². The zero-order chi connectivity index (χ0) is 20.8. The molecule has 2 aromatic carbocycles. The first-order valence-electron chi connectivity index (χ1n) is 10.9. The Balaban J connectivity index is 1.89. The van der Waals surface area contributed by atoms with Gasteiger partial charge >= 0.3 is 0 Å². The zero-order valence-electron chi connectivity index (χ0n) is 18.0. The Labute approximate surface area is 177 Å². The molecule has 1 aliphatic carbocycles. The molecule has 0 spiro atoms. The largest absolute Gasteiger partial charge is 0.455 e. The molecule has 2 heterocycles. The van der Waals surface area contributed by atoms with E-state index in [4.69, 9.17) is 4.42 Å². The maximum absolute atomic E-state index is 9.73. The standard InChI is InChI=1S/C27H27N2O/c1-17-13-18(2)25(23-11-7-8-12-29(23)3)27-24(17)22-15-19(16-28)14-21(26(22)30-27)20-9-5-4-6-10-20/h7-8,11-15,20H,4-6,9-10H2,1-3H3/q+1. The third kappa shape index (κ3) is 2.91. The summed E-state index contributed by atoms with van der Waals surface area (Å²) in [7, 11) is 2.07. The highest BCUT2D eigenvalue weighted by molar-refractivity contribution is 6.12. The van der Waals surface area contributed by atoms with Crippen molar-refractivity contribution < 1.29 is 8.98 Å². The molecule has 0 radical (unpaired) electrons. The molecule has 4 aromatic rings. The molecule has 1 fully saturated rings. The fraction of sp³-hybridized carbons (Fsp3) is 0.333. The second-order valence-electron chi connectivity index (χ2n) is 8.78. The van der Waals surface area contributed by atoms with Crippen molar-refractivity contribution in [3.05, 3.63) is 64.8 Å². The van der Waals surface area contributed by atoms with E-state index in [9.17, 15) is 5.26 Å². The summed E-state index contributed by atoms with van der Waals surface area (Å²) in [6.07, 6.45) is 8.26. The predicted octanol–water partition coefficient (Wildman–Crippen LogP) is 6.61. The summed E-state index contributed by atoms with van der Waals surface area (Å²) in [4.78, 5) is 0. The van der Waals surface area contributed by atoms with Crippen molar-refractivity contribution in [1.82, 2.24) is 0 Å². The number of furan rings is 1.